The van der Waals surface area contributed by atoms with E-state index in [0.29, 0.717) is 35.8 Å². The van der Waals surface area contributed by atoms with Crippen LogP contribution in [0.4, 0.5) is 4.79 Å². The van der Waals surface area contributed by atoms with Gasteiger partial charge in [-0.1, -0.05) is 26.7 Å². The molecule has 7 heteroatoms. The number of urea groups is 1. The van der Waals surface area contributed by atoms with E-state index in [4.69, 9.17) is 12.2 Å². The number of amides is 3. The Hall–Kier alpha value is -1.37. The number of imide groups is 1. The maximum atomic E-state index is 12.8. The molecule has 3 N–H and O–H groups in total. The van der Waals surface area contributed by atoms with Gasteiger partial charge in [0.05, 0.1) is 0 Å². The number of rotatable bonds is 2. The van der Waals surface area contributed by atoms with Gasteiger partial charge in [0, 0.05) is 6.04 Å². The van der Waals surface area contributed by atoms with Crippen molar-refractivity contribution in [2.45, 2.75) is 76.8 Å². The maximum absolute atomic E-state index is 12.8. The van der Waals surface area contributed by atoms with Crippen LogP contribution in [0.5, 0.6) is 0 Å². The molecule has 0 aromatic carbocycles. The molecule has 1 heterocycles. The largest absolute Gasteiger partial charge is 0.358 e. The monoisotopic (exact) mass is 352 g/mol. The summed E-state index contributed by atoms with van der Waals surface area (Å²) >= 11 is 5.34. The Kier molecular flexibility index (Phi) is 4.99. The van der Waals surface area contributed by atoms with Crippen LogP contribution in [0.25, 0.3) is 0 Å². The van der Waals surface area contributed by atoms with E-state index in [1.54, 1.807) is 0 Å². The summed E-state index contributed by atoms with van der Waals surface area (Å²) in [6.45, 7) is 4.40. The molecule has 0 aromatic heterocycles. The summed E-state index contributed by atoms with van der Waals surface area (Å²) in [5.41, 5.74) is 2.09. The van der Waals surface area contributed by atoms with E-state index >= 15 is 0 Å². The smallest absolute Gasteiger partial charge is 0.344 e. The van der Waals surface area contributed by atoms with Gasteiger partial charge in [0.1, 0.15) is 5.54 Å². The molecule has 0 aromatic rings. The molecule has 0 radical (unpaired) electrons. The molecule has 0 unspecified atom stereocenters. The lowest BCUT2D eigenvalue weighted by Gasteiger charge is -2.34. The molecule has 1 spiro atoms. The molecule has 24 heavy (non-hydrogen) atoms. The molecule has 2 atom stereocenters. The topological polar surface area (TPSA) is 73.5 Å². The predicted molar refractivity (Wildman–Crippen MR) is 96.0 cm³/mol. The van der Waals surface area contributed by atoms with E-state index < -0.39 is 11.6 Å². The van der Waals surface area contributed by atoms with Crippen molar-refractivity contribution >= 4 is 29.3 Å². The highest BCUT2D eigenvalue weighted by molar-refractivity contribution is 7.80. The van der Waals surface area contributed by atoms with Crippen LogP contribution in [-0.4, -0.2) is 33.6 Å². The molecule has 3 aliphatic rings. The van der Waals surface area contributed by atoms with E-state index in [-0.39, 0.29) is 5.91 Å². The van der Waals surface area contributed by atoms with Gasteiger partial charge in [-0.05, 0) is 62.6 Å². The summed E-state index contributed by atoms with van der Waals surface area (Å²) in [5, 5.41) is 7.60. The number of nitrogens with one attached hydrogen (secondary N) is 3. The van der Waals surface area contributed by atoms with Crippen molar-refractivity contribution in [1.82, 2.24) is 21.1 Å². The Bertz CT molecular complexity index is 531. The van der Waals surface area contributed by atoms with E-state index in [0.717, 1.165) is 24.3 Å². The summed E-state index contributed by atoms with van der Waals surface area (Å²) in [5.74, 6) is 0.964. The van der Waals surface area contributed by atoms with Crippen LogP contribution in [0, 0.1) is 11.8 Å². The zero-order valence-electron chi connectivity index (χ0n) is 14.6. The van der Waals surface area contributed by atoms with Gasteiger partial charge < -0.3 is 10.6 Å². The van der Waals surface area contributed by atoms with E-state index in [9.17, 15) is 9.59 Å². The molecule has 6 nitrogen and oxygen atoms in total. The first kappa shape index (κ1) is 17.5. The standard InChI is InChI=1S/C17H28N4O2S/c1-11-7-9-17(10-8-11)14(22)21(16(23)19-17)20-15(24)18-13-6-4-3-5-12(13)2/h11-13H,3-10H2,1-2H3,(H,19,23)(H2,18,20,24)/t11?,12-,13+,17?/m0/s1. The number of hydrogen-bond donors (Lipinski definition) is 3. The Labute approximate surface area is 149 Å². The van der Waals surface area contributed by atoms with E-state index in [2.05, 4.69) is 29.9 Å². The van der Waals surface area contributed by atoms with E-state index in [1.165, 1.54) is 19.3 Å². The van der Waals surface area contributed by atoms with Gasteiger partial charge in [0.25, 0.3) is 5.91 Å². The Morgan fingerprint density at radius 2 is 1.83 bits per heavy atom. The third kappa shape index (κ3) is 3.36. The van der Waals surface area contributed by atoms with Gasteiger partial charge in [-0.25, -0.2) is 4.79 Å². The zero-order valence-corrected chi connectivity index (χ0v) is 15.4. The first-order valence-electron chi connectivity index (χ1n) is 9.15. The minimum Gasteiger partial charge on any atom is -0.358 e. The lowest BCUT2D eigenvalue weighted by molar-refractivity contribution is -0.133. The molecule has 3 fully saturated rings. The Morgan fingerprint density at radius 1 is 1.17 bits per heavy atom. The molecule has 134 valence electrons. The summed E-state index contributed by atoms with van der Waals surface area (Å²) in [7, 11) is 0. The number of hydrogen-bond acceptors (Lipinski definition) is 3. The summed E-state index contributed by atoms with van der Waals surface area (Å²) in [4.78, 5) is 25.1. The quantitative estimate of drug-likeness (QED) is 0.526. The van der Waals surface area contributed by atoms with Gasteiger partial charge in [0.2, 0.25) is 0 Å². The SMILES string of the molecule is CC1CCC2(CC1)NC(=O)N(NC(=S)N[C@@H]1CCCC[C@@H]1C)C2=O. The van der Waals surface area contributed by atoms with Gasteiger partial charge >= 0.3 is 6.03 Å². The number of carbonyl (C=O) groups is 2. The fraction of sp³-hybridized carbons (Fsp3) is 0.824. The summed E-state index contributed by atoms with van der Waals surface area (Å²) in [6, 6.07) is -0.0839. The molecule has 2 aliphatic carbocycles. The highest BCUT2D eigenvalue weighted by Gasteiger charge is 2.52. The van der Waals surface area contributed by atoms with Crippen LogP contribution in [0.3, 0.4) is 0 Å². The fourth-order valence-corrected chi connectivity index (χ4v) is 4.39. The average molecular weight is 353 g/mol. The molecular formula is C17H28N4O2S. The normalized spacial score (nSPS) is 36.6. The first-order valence-corrected chi connectivity index (χ1v) is 9.56. The first-order chi connectivity index (χ1) is 11.4. The predicted octanol–water partition coefficient (Wildman–Crippen LogP) is 2.44. The summed E-state index contributed by atoms with van der Waals surface area (Å²) < 4.78 is 0. The number of carbonyl (C=O) groups excluding carboxylic acids is 2. The third-order valence-electron chi connectivity index (χ3n) is 5.93. The van der Waals surface area contributed by atoms with Crippen molar-refractivity contribution in [2.75, 3.05) is 0 Å². The number of thiocarbonyl (C=S) groups is 1. The van der Waals surface area contributed by atoms with Crippen LogP contribution in [0.1, 0.15) is 65.2 Å². The minimum absolute atomic E-state index is 0.194. The van der Waals surface area contributed by atoms with Crippen LogP contribution < -0.4 is 16.1 Å². The minimum atomic E-state index is -0.732. The number of hydrazine groups is 1. The lowest BCUT2D eigenvalue weighted by Crippen LogP contribution is -2.55. The molecule has 2 saturated carbocycles. The second-order valence-electron chi connectivity index (χ2n) is 7.79. The Balaban J connectivity index is 1.59. The van der Waals surface area contributed by atoms with Gasteiger partial charge in [-0.3, -0.25) is 10.2 Å². The number of nitrogens with zero attached hydrogens (tertiary/aromatic N) is 1. The lowest BCUT2D eigenvalue weighted by atomic mass is 9.77. The van der Waals surface area contributed by atoms with Crippen LogP contribution in [0.2, 0.25) is 0 Å². The Morgan fingerprint density at radius 3 is 2.50 bits per heavy atom. The van der Waals surface area contributed by atoms with Crippen LogP contribution in [-0.2, 0) is 4.79 Å². The second-order valence-corrected chi connectivity index (χ2v) is 8.20. The third-order valence-corrected chi connectivity index (χ3v) is 6.14. The molecule has 1 saturated heterocycles. The van der Waals surface area contributed by atoms with Crippen molar-refractivity contribution in [3.05, 3.63) is 0 Å². The highest BCUT2D eigenvalue weighted by Crippen LogP contribution is 2.35. The molecule has 1 aliphatic heterocycles. The molecule has 0 bridgehead atoms. The fourth-order valence-electron chi connectivity index (χ4n) is 4.15. The van der Waals surface area contributed by atoms with Crippen LogP contribution >= 0.6 is 12.2 Å². The second kappa shape index (κ2) is 6.86. The maximum Gasteiger partial charge on any atom is 0.344 e. The summed E-state index contributed by atoms with van der Waals surface area (Å²) in [6.07, 6.45) is 8.04. The van der Waals surface area contributed by atoms with Crippen LogP contribution in [0.15, 0.2) is 0 Å². The molecular weight excluding hydrogens is 324 g/mol. The average Bonchev–Trinajstić information content (AvgIpc) is 2.77. The van der Waals surface area contributed by atoms with Crippen molar-refractivity contribution in [2.24, 2.45) is 11.8 Å². The highest BCUT2D eigenvalue weighted by atomic mass is 32.1. The molecule has 3 amide bonds. The van der Waals surface area contributed by atoms with Gasteiger partial charge in [-0.15, -0.1) is 0 Å². The van der Waals surface area contributed by atoms with E-state index in [1.807, 2.05) is 0 Å². The zero-order chi connectivity index (χ0) is 17.3. The van der Waals surface area contributed by atoms with Crippen molar-refractivity contribution < 1.29 is 9.59 Å². The van der Waals surface area contributed by atoms with Crippen molar-refractivity contribution in [3.8, 4) is 0 Å². The van der Waals surface area contributed by atoms with Gasteiger partial charge in [-0.2, -0.15) is 5.01 Å². The van der Waals surface area contributed by atoms with Crippen molar-refractivity contribution in [3.63, 3.8) is 0 Å². The van der Waals surface area contributed by atoms with Crippen molar-refractivity contribution in [1.29, 1.82) is 0 Å². The molecule has 3 rings (SSSR count). The van der Waals surface area contributed by atoms with Gasteiger partial charge in [0.15, 0.2) is 5.11 Å².